The fourth-order valence-corrected chi connectivity index (χ4v) is 4.26. The van der Waals surface area contributed by atoms with Gasteiger partial charge in [0.15, 0.2) is 0 Å². The lowest BCUT2D eigenvalue weighted by atomic mass is 10.2. The highest BCUT2D eigenvalue weighted by atomic mass is 15.2. The van der Waals surface area contributed by atoms with Crippen molar-refractivity contribution in [3.05, 3.63) is 150 Å². The van der Waals surface area contributed by atoms with Gasteiger partial charge in [-0.15, -0.1) is 0 Å². The summed E-state index contributed by atoms with van der Waals surface area (Å²) in [6, 6.07) is 39.0. The maximum absolute atomic E-state index is 4.89. The Morgan fingerprint density at radius 2 is 0.947 bits per heavy atom. The molecule has 0 aliphatic rings. The highest BCUT2D eigenvalue weighted by Crippen LogP contribution is 2.15. The number of pyridine rings is 3. The van der Waals surface area contributed by atoms with Gasteiger partial charge in [0.2, 0.25) is 0 Å². The summed E-state index contributed by atoms with van der Waals surface area (Å²) in [6.45, 7) is 3.54. The molecular formula is C32H32N6. The second kappa shape index (κ2) is 13.1. The van der Waals surface area contributed by atoms with Gasteiger partial charge < -0.3 is 10.6 Å². The van der Waals surface area contributed by atoms with Gasteiger partial charge in [-0.3, -0.25) is 9.88 Å². The molecule has 0 spiro atoms. The summed E-state index contributed by atoms with van der Waals surface area (Å²) in [6.07, 6.45) is 1.84. The van der Waals surface area contributed by atoms with E-state index in [1.165, 1.54) is 11.1 Å². The van der Waals surface area contributed by atoms with Crippen LogP contribution in [0.5, 0.6) is 0 Å². The first-order valence-corrected chi connectivity index (χ1v) is 12.9. The first kappa shape index (κ1) is 25.1. The van der Waals surface area contributed by atoms with Crippen molar-refractivity contribution in [2.45, 2.75) is 32.7 Å². The highest BCUT2D eigenvalue weighted by molar-refractivity contribution is 5.38. The number of rotatable bonds is 12. The van der Waals surface area contributed by atoms with E-state index in [2.05, 4.69) is 99.4 Å². The van der Waals surface area contributed by atoms with Crippen molar-refractivity contribution in [3.8, 4) is 0 Å². The highest BCUT2D eigenvalue weighted by Gasteiger charge is 2.12. The second-order valence-corrected chi connectivity index (χ2v) is 9.17. The normalized spacial score (nSPS) is 10.9. The first-order chi connectivity index (χ1) is 18.8. The average Bonchev–Trinajstić information content (AvgIpc) is 2.97. The zero-order chi connectivity index (χ0) is 25.8. The van der Waals surface area contributed by atoms with E-state index in [-0.39, 0.29) is 0 Å². The molecule has 3 heterocycles. The Bertz CT molecular complexity index is 1300. The van der Waals surface area contributed by atoms with Crippen LogP contribution in [0.1, 0.15) is 28.2 Å². The van der Waals surface area contributed by atoms with Gasteiger partial charge in [-0.05, 0) is 47.5 Å². The van der Waals surface area contributed by atoms with Gasteiger partial charge in [-0.2, -0.15) is 0 Å². The van der Waals surface area contributed by atoms with E-state index in [1.54, 1.807) is 0 Å². The number of nitrogens with one attached hydrogen (secondary N) is 2. The largest absolute Gasteiger partial charge is 0.366 e. The molecule has 3 aromatic heterocycles. The van der Waals surface area contributed by atoms with Crippen molar-refractivity contribution in [2.24, 2.45) is 0 Å². The Morgan fingerprint density at radius 3 is 1.45 bits per heavy atom. The summed E-state index contributed by atoms with van der Waals surface area (Å²) in [5, 5.41) is 6.89. The lowest BCUT2D eigenvalue weighted by molar-refractivity contribution is 0.239. The first-order valence-electron chi connectivity index (χ1n) is 12.9. The fraction of sp³-hybridized carbons (Fsp3) is 0.156. The average molecular weight is 501 g/mol. The number of hydrogen-bond acceptors (Lipinski definition) is 6. The molecule has 0 aliphatic carbocycles. The van der Waals surface area contributed by atoms with E-state index in [9.17, 15) is 0 Å². The molecule has 5 aromatic rings. The Balaban J connectivity index is 1.27. The van der Waals surface area contributed by atoms with E-state index >= 15 is 0 Å². The predicted octanol–water partition coefficient (Wildman–Crippen LogP) is 6.30. The van der Waals surface area contributed by atoms with Crippen LogP contribution in [0.25, 0.3) is 0 Å². The minimum atomic E-state index is 0.681. The molecule has 0 saturated carbocycles. The third-order valence-electron chi connectivity index (χ3n) is 6.13. The summed E-state index contributed by atoms with van der Waals surface area (Å²) in [7, 11) is 0. The monoisotopic (exact) mass is 500 g/mol. The molecule has 6 nitrogen and oxygen atoms in total. The van der Waals surface area contributed by atoms with E-state index in [0.29, 0.717) is 19.6 Å². The van der Waals surface area contributed by atoms with Gasteiger partial charge >= 0.3 is 0 Å². The van der Waals surface area contributed by atoms with Crippen molar-refractivity contribution in [3.63, 3.8) is 0 Å². The van der Waals surface area contributed by atoms with E-state index < -0.39 is 0 Å². The van der Waals surface area contributed by atoms with Crippen LogP contribution < -0.4 is 10.6 Å². The topological polar surface area (TPSA) is 66.0 Å². The molecule has 0 atom stereocenters. The maximum atomic E-state index is 4.89. The van der Waals surface area contributed by atoms with Crippen LogP contribution in [0, 0.1) is 0 Å². The smallest absolute Gasteiger partial charge is 0.126 e. The molecule has 38 heavy (non-hydrogen) atoms. The zero-order valence-electron chi connectivity index (χ0n) is 21.4. The van der Waals surface area contributed by atoms with Crippen LogP contribution in [0.4, 0.5) is 11.6 Å². The van der Waals surface area contributed by atoms with E-state index in [1.807, 2.05) is 42.6 Å². The lowest BCUT2D eigenvalue weighted by Gasteiger charge is -2.22. The van der Waals surface area contributed by atoms with Gasteiger partial charge in [0.1, 0.15) is 11.6 Å². The molecule has 190 valence electrons. The summed E-state index contributed by atoms with van der Waals surface area (Å²) in [5.41, 5.74) is 5.46. The van der Waals surface area contributed by atoms with Crippen LogP contribution in [-0.4, -0.2) is 19.9 Å². The number of nitrogens with zero attached hydrogens (tertiary/aromatic N) is 4. The molecule has 6 heteroatoms. The van der Waals surface area contributed by atoms with Gasteiger partial charge in [-0.25, -0.2) is 9.97 Å². The van der Waals surface area contributed by atoms with Crippen LogP contribution in [0.3, 0.4) is 0 Å². The standard InChI is InChI=1S/C32H32N6/c1-3-11-26(12-4-1)21-34-31-18-9-16-29(36-31)24-38(23-28-15-7-8-20-33-28)25-30-17-10-19-32(37-30)35-22-27-13-5-2-6-14-27/h1-20H,21-25H2,(H,34,36)(H,35,37). The van der Waals surface area contributed by atoms with Gasteiger partial charge in [0.05, 0.1) is 17.1 Å². The van der Waals surface area contributed by atoms with Gasteiger partial charge in [0, 0.05) is 38.9 Å². The summed E-state index contributed by atoms with van der Waals surface area (Å²) in [4.78, 5) is 16.7. The summed E-state index contributed by atoms with van der Waals surface area (Å²) < 4.78 is 0. The van der Waals surface area contributed by atoms with E-state index in [0.717, 1.165) is 41.8 Å². The van der Waals surface area contributed by atoms with Crippen LogP contribution in [-0.2, 0) is 32.7 Å². The zero-order valence-corrected chi connectivity index (χ0v) is 21.4. The summed E-state index contributed by atoms with van der Waals surface area (Å²) >= 11 is 0. The van der Waals surface area contributed by atoms with Crippen molar-refractivity contribution < 1.29 is 0 Å². The molecule has 2 aromatic carbocycles. The van der Waals surface area contributed by atoms with Crippen LogP contribution in [0.15, 0.2) is 121 Å². The Kier molecular flexibility index (Phi) is 8.67. The van der Waals surface area contributed by atoms with Crippen LogP contribution >= 0.6 is 0 Å². The molecule has 2 N–H and O–H groups in total. The maximum Gasteiger partial charge on any atom is 0.126 e. The quantitative estimate of drug-likeness (QED) is 0.210. The number of hydrogen-bond donors (Lipinski definition) is 2. The van der Waals surface area contributed by atoms with Gasteiger partial charge in [0.25, 0.3) is 0 Å². The molecule has 0 aliphatic heterocycles. The number of benzene rings is 2. The Hall–Kier alpha value is -4.55. The number of aromatic nitrogens is 3. The third-order valence-corrected chi connectivity index (χ3v) is 6.13. The molecule has 0 bridgehead atoms. The molecule has 0 amide bonds. The van der Waals surface area contributed by atoms with Crippen molar-refractivity contribution in [2.75, 3.05) is 10.6 Å². The fourth-order valence-electron chi connectivity index (χ4n) is 4.26. The molecule has 0 saturated heterocycles. The molecule has 0 radical (unpaired) electrons. The lowest BCUT2D eigenvalue weighted by Crippen LogP contribution is -2.24. The SMILES string of the molecule is c1ccc(CNc2cccc(CN(Cc3ccccn3)Cc3cccc(NCc4ccccc4)n3)n2)cc1. The van der Waals surface area contributed by atoms with Crippen molar-refractivity contribution in [1.29, 1.82) is 0 Å². The van der Waals surface area contributed by atoms with Crippen molar-refractivity contribution >= 4 is 11.6 Å². The van der Waals surface area contributed by atoms with Crippen LogP contribution in [0.2, 0.25) is 0 Å². The Morgan fingerprint density at radius 1 is 0.474 bits per heavy atom. The van der Waals surface area contributed by atoms with E-state index in [4.69, 9.17) is 9.97 Å². The van der Waals surface area contributed by atoms with Crippen molar-refractivity contribution in [1.82, 2.24) is 19.9 Å². The predicted molar refractivity (Wildman–Crippen MR) is 153 cm³/mol. The molecule has 0 unspecified atom stereocenters. The molecule has 0 fully saturated rings. The molecular weight excluding hydrogens is 468 g/mol. The second-order valence-electron chi connectivity index (χ2n) is 9.17. The minimum absolute atomic E-state index is 0.681. The minimum Gasteiger partial charge on any atom is -0.366 e. The number of anilines is 2. The van der Waals surface area contributed by atoms with Gasteiger partial charge in [-0.1, -0.05) is 78.9 Å². The molecule has 5 rings (SSSR count). The summed E-state index contributed by atoms with van der Waals surface area (Å²) in [5.74, 6) is 1.74. The third kappa shape index (κ3) is 7.72. The Labute approximate surface area is 224 Å².